The van der Waals surface area contributed by atoms with Gasteiger partial charge in [-0.3, -0.25) is 14.1 Å². The monoisotopic (exact) mass is 921 g/mol. The molecule has 1 aliphatic rings. The Hall–Kier alpha value is -3.17. The van der Waals surface area contributed by atoms with Gasteiger partial charge in [-0.25, -0.2) is 0 Å². The fourth-order valence-corrected chi connectivity index (χ4v) is 7.39. The third kappa shape index (κ3) is 34.2. The van der Waals surface area contributed by atoms with Crippen LogP contribution >= 0.6 is 0 Å². The molecule has 4 N–H and O–H groups in total. The Morgan fingerprint density at radius 2 is 0.969 bits per heavy atom. The highest BCUT2D eigenvalue weighted by atomic mass is 32.2. The lowest BCUT2D eigenvalue weighted by Gasteiger charge is -2.40. The van der Waals surface area contributed by atoms with Crippen LogP contribution in [-0.4, -0.2) is 96.0 Å². The Labute approximate surface area is 386 Å². The molecule has 13 heteroatoms. The molecular formula is C51H84O12S. The average Bonchev–Trinajstić information content (AvgIpc) is 3.26. The van der Waals surface area contributed by atoms with E-state index in [-0.39, 0.29) is 19.4 Å². The first-order chi connectivity index (χ1) is 31.0. The van der Waals surface area contributed by atoms with Crippen molar-refractivity contribution in [2.24, 2.45) is 0 Å². The second kappa shape index (κ2) is 40.1. The number of aliphatic hydroxyl groups excluding tert-OH is 3. The summed E-state index contributed by atoms with van der Waals surface area (Å²) in [7, 11) is -4.62. The summed E-state index contributed by atoms with van der Waals surface area (Å²) in [6.07, 6.45) is 43.6. The molecule has 64 heavy (non-hydrogen) atoms. The fraction of sp³-hybridized carbons (Fsp3) is 0.686. The lowest BCUT2D eigenvalue weighted by molar-refractivity contribution is -0.297. The number of carbonyl (C=O) groups is 2. The van der Waals surface area contributed by atoms with Crippen molar-refractivity contribution in [3.05, 3.63) is 85.1 Å². The van der Waals surface area contributed by atoms with Crippen LogP contribution in [-0.2, 0) is 38.7 Å². The molecule has 0 saturated carbocycles. The minimum Gasteiger partial charge on any atom is -0.462 e. The number of aliphatic hydroxyl groups is 3. The molecule has 1 saturated heterocycles. The molecule has 0 radical (unpaired) electrons. The number of ether oxygens (including phenoxy) is 4. The summed E-state index contributed by atoms with van der Waals surface area (Å²) < 4.78 is 54.0. The van der Waals surface area contributed by atoms with E-state index in [0.29, 0.717) is 19.3 Å². The number of unbranched alkanes of at least 4 members (excludes halogenated alkanes) is 13. The van der Waals surface area contributed by atoms with Crippen molar-refractivity contribution in [2.75, 3.05) is 19.0 Å². The van der Waals surface area contributed by atoms with Crippen LogP contribution in [0.1, 0.15) is 168 Å². The van der Waals surface area contributed by atoms with E-state index >= 15 is 0 Å². The topological polar surface area (TPSA) is 186 Å². The van der Waals surface area contributed by atoms with Crippen LogP contribution in [0.4, 0.5) is 0 Å². The van der Waals surface area contributed by atoms with E-state index in [9.17, 15) is 37.9 Å². The smallest absolute Gasteiger partial charge is 0.306 e. The number of allylic oxidation sites excluding steroid dienone is 14. The molecule has 0 aliphatic carbocycles. The molecule has 0 aromatic rings. The van der Waals surface area contributed by atoms with Crippen LogP contribution in [0.2, 0.25) is 0 Å². The number of hydrogen-bond acceptors (Lipinski definition) is 11. The Morgan fingerprint density at radius 1 is 0.531 bits per heavy atom. The Kier molecular flexibility index (Phi) is 36.9. The molecule has 0 spiro atoms. The fourth-order valence-electron chi connectivity index (χ4n) is 6.70. The molecule has 6 atom stereocenters. The standard InChI is InChI=1S/C51H84O12S/c1-3-5-7-9-11-13-15-17-19-21-22-24-25-27-29-31-33-35-37-39-46(52)60-41-44(42-61-51-50(56)49(55)48(54)45(63-51)43-64(57,58)59)62-47(53)40-38-36-34-32-30-28-26-23-20-18-16-14-12-10-8-6-4-2/h11,13,17,19,22,24,26-29,32-35,44-45,48-51,54-56H,3-10,12,14-16,18,20-21,23,25,30-31,36-43H2,1-2H3,(H,57,58,59)/b13-11+,19-17+,24-22+,28-26+,29-27+,34-32+,35-33+/t44-,45-,48-,49?,50?,51+/m1/s1. The molecule has 366 valence electrons. The maximum Gasteiger partial charge on any atom is 0.306 e. The normalized spacial score (nSPS) is 20.4. The van der Waals surface area contributed by atoms with Gasteiger partial charge in [-0.2, -0.15) is 8.42 Å². The van der Waals surface area contributed by atoms with E-state index in [1.54, 1.807) is 0 Å². The maximum absolute atomic E-state index is 12.8. The van der Waals surface area contributed by atoms with Gasteiger partial charge in [0.05, 0.1) is 6.61 Å². The van der Waals surface area contributed by atoms with Gasteiger partial charge >= 0.3 is 11.9 Å². The van der Waals surface area contributed by atoms with Gasteiger partial charge in [0.1, 0.15) is 36.8 Å². The van der Waals surface area contributed by atoms with Crippen LogP contribution in [0.3, 0.4) is 0 Å². The van der Waals surface area contributed by atoms with Crippen molar-refractivity contribution in [3.63, 3.8) is 0 Å². The minimum atomic E-state index is -4.62. The van der Waals surface area contributed by atoms with E-state index in [0.717, 1.165) is 44.9 Å². The predicted molar refractivity (Wildman–Crippen MR) is 256 cm³/mol. The maximum atomic E-state index is 12.8. The number of rotatable bonds is 39. The zero-order valence-corrected chi connectivity index (χ0v) is 39.9. The van der Waals surface area contributed by atoms with Crippen molar-refractivity contribution < 1.29 is 56.8 Å². The summed E-state index contributed by atoms with van der Waals surface area (Å²) in [6, 6.07) is 0. The van der Waals surface area contributed by atoms with E-state index < -0.39 is 71.2 Å². The predicted octanol–water partition coefficient (Wildman–Crippen LogP) is 10.4. The van der Waals surface area contributed by atoms with Gasteiger partial charge in [-0.1, -0.05) is 163 Å². The summed E-state index contributed by atoms with van der Waals surface area (Å²) in [5.74, 6) is -2.16. The van der Waals surface area contributed by atoms with Crippen molar-refractivity contribution >= 4 is 22.1 Å². The van der Waals surface area contributed by atoms with Gasteiger partial charge < -0.3 is 34.3 Å². The van der Waals surface area contributed by atoms with Crippen molar-refractivity contribution in [2.45, 2.75) is 205 Å². The second-order valence-corrected chi connectivity index (χ2v) is 17.9. The SMILES string of the molecule is CCCCC/C=C/C/C=C/C/C=C/C/C=C/C/C=C/CCC(=O)OC[C@H](CO[C@H]1O[C@H](CS(=O)(=O)O)[C@@H](O)C(O)C1O)OC(=O)CCC/C=C/C/C=C/CCCCCCCCCCC. The van der Waals surface area contributed by atoms with Crippen LogP contribution < -0.4 is 0 Å². The number of hydrogen-bond donors (Lipinski definition) is 4. The zero-order chi connectivity index (χ0) is 46.9. The van der Waals surface area contributed by atoms with Crippen LogP contribution in [0, 0.1) is 0 Å². The summed E-state index contributed by atoms with van der Waals surface area (Å²) in [5.41, 5.74) is 0. The zero-order valence-electron chi connectivity index (χ0n) is 39.1. The van der Waals surface area contributed by atoms with Gasteiger partial charge in [0.25, 0.3) is 10.1 Å². The van der Waals surface area contributed by atoms with E-state index in [1.807, 2.05) is 18.2 Å². The van der Waals surface area contributed by atoms with Crippen LogP contribution in [0.25, 0.3) is 0 Å². The molecule has 2 unspecified atom stereocenters. The van der Waals surface area contributed by atoms with Crippen LogP contribution in [0.5, 0.6) is 0 Å². The largest absolute Gasteiger partial charge is 0.462 e. The first kappa shape index (κ1) is 58.8. The lowest BCUT2D eigenvalue weighted by Crippen LogP contribution is -2.60. The Balaban J connectivity index is 2.51. The molecular weight excluding hydrogens is 837 g/mol. The highest BCUT2D eigenvalue weighted by molar-refractivity contribution is 7.85. The van der Waals surface area contributed by atoms with Gasteiger partial charge in [-0.15, -0.1) is 0 Å². The molecule has 1 fully saturated rings. The molecule has 0 aromatic heterocycles. The minimum absolute atomic E-state index is 0.0807. The number of carbonyl (C=O) groups excluding carboxylic acids is 2. The van der Waals surface area contributed by atoms with Gasteiger partial charge in [0.15, 0.2) is 12.4 Å². The quantitative estimate of drug-likeness (QED) is 0.0198. The third-order valence-electron chi connectivity index (χ3n) is 10.5. The van der Waals surface area contributed by atoms with Gasteiger partial charge in [0, 0.05) is 12.8 Å². The van der Waals surface area contributed by atoms with Crippen molar-refractivity contribution in [1.29, 1.82) is 0 Å². The first-order valence-electron chi connectivity index (χ1n) is 24.1. The molecule has 0 aromatic carbocycles. The Morgan fingerprint density at radius 3 is 1.48 bits per heavy atom. The van der Waals surface area contributed by atoms with Gasteiger partial charge in [-0.05, 0) is 77.0 Å². The highest BCUT2D eigenvalue weighted by Crippen LogP contribution is 2.24. The molecule has 0 amide bonds. The van der Waals surface area contributed by atoms with Crippen molar-refractivity contribution in [3.8, 4) is 0 Å². The Bertz CT molecular complexity index is 1500. The highest BCUT2D eigenvalue weighted by Gasteiger charge is 2.46. The average molecular weight is 921 g/mol. The lowest BCUT2D eigenvalue weighted by atomic mass is 10.00. The molecule has 1 heterocycles. The van der Waals surface area contributed by atoms with E-state index in [1.165, 1.54) is 77.0 Å². The van der Waals surface area contributed by atoms with E-state index in [2.05, 4.69) is 80.7 Å². The second-order valence-electron chi connectivity index (χ2n) is 16.4. The summed E-state index contributed by atoms with van der Waals surface area (Å²) >= 11 is 0. The molecule has 1 aliphatic heterocycles. The summed E-state index contributed by atoms with van der Waals surface area (Å²) in [4.78, 5) is 25.4. The van der Waals surface area contributed by atoms with Crippen molar-refractivity contribution in [1.82, 2.24) is 0 Å². The molecule has 1 rings (SSSR count). The summed E-state index contributed by atoms with van der Waals surface area (Å²) in [5, 5.41) is 30.9. The van der Waals surface area contributed by atoms with E-state index in [4.69, 9.17) is 18.9 Å². The first-order valence-corrected chi connectivity index (χ1v) is 25.8. The molecule has 0 bridgehead atoms. The summed E-state index contributed by atoms with van der Waals surface area (Å²) in [6.45, 7) is 3.63. The number of esters is 2. The van der Waals surface area contributed by atoms with Crippen LogP contribution in [0.15, 0.2) is 85.1 Å². The third-order valence-corrected chi connectivity index (χ3v) is 11.2. The molecule has 12 nitrogen and oxygen atoms in total. The van der Waals surface area contributed by atoms with Gasteiger partial charge in [0.2, 0.25) is 0 Å².